The van der Waals surface area contributed by atoms with E-state index < -0.39 is 5.60 Å². The first-order valence-electron chi connectivity index (χ1n) is 9.26. The molecule has 4 rings (SSSR count). The van der Waals surface area contributed by atoms with Gasteiger partial charge in [-0.05, 0) is 45.4 Å². The minimum absolute atomic E-state index is 0.0405. The smallest absolute Gasteiger partial charge is 0.410 e. The van der Waals surface area contributed by atoms with Crippen LogP contribution in [0.3, 0.4) is 0 Å². The standard InChI is InChI=1S/C20H23ClN4O3/c1-20(2,3)28-19(26)24(4)13-7-8-25(10-13)18-17-16(22-11-23-18)14-9-12(21)5-6-15(14)27-17/h5-6,9,11,13H,7-8,10H2,1-4H3/t13-/m1/s1. The zero-order valence-corrected chi connectivity index (χ0v) is 17.2. The predicted molar refractivity (Wildman–Crippen MR) is 109 cm³/mol. The lowest BCUT2D eigenvalue weighted by Crippen LogP contribution is -2.42. The maximum absolute atomic E-state index is 12.4. The lowest BCUT2D eigenvalue weighted by Gasteiger charge is -2.28. The first-order valence-corrected chi connectivity index (χ1v) is 9.64. The average molecular weight is 403 g/mol. The molecule has 1 amide bonds. The zero-order chi connectivity index (χ0) is 20.1. The molecule has 0 spiro atoms. The Hall–Kier alpha value is -2.54. The van der Waals surface area contributed by atoms with Gasteiger partial charge in [0.25, 0.3) is 0 Å². The number of ether oxygens (including phenoxy) is 1. The van der Waals surface area contributed by atoms with E-state index in [1.807, 2.05) is 32.9 Å². The highest BCUT2D eigenvalue weighted by atomic mass is 35.5. The van der Waals surface area contributed by atoms with E-state index in [4.69, 9.17) is 20.8 Å². The van der Waals surface area contributed by atoms with Crippen molar-refractivity contribution in [1.82, 2.24) is 14.9 Å². The van der Waals surface area contributed by atoms with Crippen LogP contribution in [0.2, 0.25) is 5.02 Å². The maximum atomic E-state index is 12.4. The first-order chi connectivity index (χ1) is 13.2. The second kappa shape index (κ2) is 6.81. The molecule has 0 bridgehead atoms. The van der Waals surface area contributed by atoms with Gasteiger partial charge < -0.3 is 19.0 Å². The number of aromatic nitrogens is 2. The molecule has 1 aromatic carbocycles. The van der Waals surface area contributed by atoms with Crippen molar-refractivity contribution in [2.24, 2.45) is 0 Å². The molecule has 1 aliphatic heterocycles. The van der Waals surface area contributed by atoms with Crippen LogP contribution in [0.1, 0.15) is 27.2 Å². The van der Waals surface area contributed by atoms with Crippen molar-refractivity contribution in [2.45, 2.75) is 38.8 Å². The summed E-state index contributed by atoms with van der Waals surface area (Å²) in [6, 6.07) is 5.52. The van der Waals surface area contributed by atoms with E-state index >= 15 is 0 Å². The van der Waals surface area contributed by atoms with Gasteiger partial charge in [-0.25, -0.2) is 14.8 Å². The normalized spacial score (nSPS) is 17.5. The molecule has 3 heterocycles. The predicted octanol–water partition coefficient (Wildman–Crippen LogP) is 4.48. The van der Waals surface area contributed by atoms with E-state index in [1.165, 1.54) is 0 Å². The van der Waals surface area contributed by atoms with Gasteiger partial charge in [-0.3, -0.25) is 0 Å². The molecule has 8 heteroatoms. The Balaban J connectivity index is 1.60. The zero-order valence-electron chi connectivity index (χ0n) is 16.4. The highest BCUT2D eigenvalue weighted by molar-refractivity contribution is 6.31. The van der Waals surface area contributed by atoms with Gasteiger partial charge in [-0.15, -0.1) is 0 Å². The maximum Gasteiger partial charge on any atom is 0.410 e. The third kappa shape index (κ3) is 3.46. The third-order valence-corrected chi connectivity index (χ3v) is 5.12. The van der Waals surface area contributed by atoms with Gasteiger partial charge >= 0.3 is 6.09 Å². The lowest BCUT2D eigenvalue weighted by atomic mass is 10.2. The highest BCUT2D eigenvalue weighted by Crippen LogP contribution is 2.35. The minimum atomic E-state index is -0.516. The van der Waals surface area contributed by atoms with Crippen molar-refractivity contribution < 1.29 is 13.9 Å². The van der Waals surface area contributed by atoms with Gasteiger partial charge in [0.2, 0.25) is 0 Å². The largest absolute Gasteiger partial charge is 0.450 e. The van der Waals surface area contributed by atoms with Crippen molar-refractivity contribution in [2.75, 3.05) is 25.0 Å². The average Bonchev–Trinajstić information content (AvgIpc) is 3.24. The number of carbonyl (C=O) groups excluding carboxylic acids is 1. The van der Waals surface area contributed by atoms with Crippen LogP contribution in [-0.2, 0) is 4.74 Å². The fourth-order valence-corrected chi connectivity index (χ4v) is 3.67. The minimum Gasteiger partial charge on any atom is -0.450 e. The Labute approximate surface area is 168 Å². The number of likely N-dealkylation sites (N-methyl/N-ethyl adjacent to an activating group) is 1. The topological polar surface area (TPSA) is 71.7 Å². The van der Waals surface area contributed by atoms with Crippen LogP contribution in [0, 0.1) is 0 Å². The van der Waals surface area contributed by atoms with Crippen LogP contribution in [-0.4, -0.2) is 52.7 Å². The number of hydrogen-bond acceptors (Lipinski definition) is 6. The second-order valence-corrected chi connectivity index (χ2v) is 8.53. The van der Waals surface area contributed by atoms with Crippen LogP contribution in [0.5, 0.6) is 0 Å². The summed E-state index contributed by atoms with van der Waals surface area (Å²) in [5, 5.41) is 1.50. The van der Waals surface area contributed by atoms with Crippen LogP contribution in [0.25, 0.3) is 22.1 Å². The van der Waals surface area contributed by atoms with Crippen molar-refractivity contribution >= 4 is 45.6 Å². The number of fused-ring (bicyclic) bond motifs is 3. The molecule has 0 N–H and O–H groups in total. The number of amides is 1. The van der Waals surface area contributed by atoms with Crippen molar-refractivity contribution in [3.63, 3.8) is 0 Å². The summed E-state index contributed by atoms with van der Waals surface area (Å²) >= 11 is 6.13. The van der Waals surface area contributed by atoms with E-state index in [1.54, 1.807) is 24.3 Å². The third-order valence-electron chi connectivity index (χ3n) is 4.89. The monoisotopic (exact) mass is 402 g/mol. The second-order valence-electron chi connectivity index (χ2n) is 8.10. The molecule has 0 saturated carbocycles. The highest BCUT2D eigenvalue weighted by Gasteiger charge is 2.33. The Kier molecular flexibility index (Phi) is 4.57. The van der Waals surface area contributed by atoms with Crippen molar-refractivity contribution in [3.8, 4) is 0 Å². The van der Waals surface area contributed by atoms with Gasteiger partial charge in [0.15, 0.2) is 11.4 Å². The summed E-state index contributed by atoms with van der Waals surface area (Å²) in [5.41, 5.74) is 1.59. The number of benzene rings is 1. The fraction of sp³-hybridized carbons (Fsp3) is 0.450. The first kappa shape index (κ1) is 18.8. The van der Waals surface area contributed by atoms with Gasteiger partial charge in [0, 0.05) is 30.5 Å². The molecule has 0 aliphatic carbocycles. The number of carbonyl (C=O) groups is 1. The summed E-state index contributed by atoms with van der Waals surface area (Å²) in [7, 11) is 1.78. The molecule has 1 saturated heterocycles. The molecule has 0 radical (unpaired) electrons. The molecular formula is C20H23ClN4O3. The molecule has 0 unspecified atom stereocenters. The van der Waals surface area contributed by atoms with Crippen molar-refractivity contribution in [3.05, 3.63) is 29.5 Å². The summed E-state index contributed by atoms with van der Waals surface area (Å²) in [4.78, 5) is 25.0. The van der Waals surface area contributed by atoms with Crippen LogP contribution in [0.4, 0.5) is 10.6 Å². The SMILES string of the molecule is CN(C(=O)OC(C)(C)C)[C@@H]1CCN(c2ncnc3c2oc2ccc(Cl)cc23)C1. The van der Waals surface area contributed by atoms with Crippen LogP contribution >= 0.6 is 11.6 Å². The number of hydrogen-bond donors (Lipinski definition) is 0. The molecule has 1 aliphatic rings. The summed E-state index contributed by atoms with van der Waals surface area (Å²) < 4.78 is 11.5. The molecule has 7 nitrogen and oxygen atoms in total. The van der Waals surface area contributed by atoms with Crippen molar-refractivity contribution in [1.29, 1.82) is 0 Å². The number of halogens is 1. The van der Waals surface area contributed by atoms with Gasteiger partial charge in [0.05, 0.1) is 6.04 Å². The van der Waals surface area contributed by atoms with Crippen LogP contribution in [0.15, 0.2) is 28.9 Å². The Morgan fingerprint density at radius 1 is 1.36 bits per heavy atom. The molecule has 1 atom stereocenters. The molecule has 148 valence electrons. The lowest BCUT2D eigenvalue weighted by molar-refractivity contribution is 0.0238. The van der Waals surface area contributed by atoms with Gasteiger partial charge in [-0.1, -0.05) is 11.6 Å². The van der Waals surface area contributed by atoms with Gasteiger partial charge in [-0.2, -0.15) is 0 Å². The van der Waals surface area contributed by atoms with E-state index in [0.717, 1.165) is 35.3 Å². The summed E-state index contributed by atoms with van der Waals surface area (Å²) in [6.45, 7) is 7.02. The molecule has 1 fully saturated rings. The number of anilines is 1. The Morgan fingerprint density at radius 2 is 2.14 bits per heavy atom. The van der Waals surface area contributed by atoms with Crippen LogP contribution < -0.4 is 4.90 Å². The summed E-state index contributed by atoms with van der Waals surface area (Å²) in [5.74, 6) is 0.734. The quantitative estimate of drug-likeness (QED) is 0.629. The Bertz CT molecular complexity index is 1040. The van der Waals surface area contributed by atoms with E-state index in [-0.39, 0.29) is 12.1 Å². The van der Waals surface area contributed by atoms with Gasteiger partial charge in [0.1, 0.15) is 23.0 Å². The number of furan rings is 1. The van der Waals surface area contributed by atoms with E-state index in [2.05, 4.69) is 14.9 Å². The number of rotatable bonds is 2. The fourth-order valence-electron chi connectivity index (χ4n) is 3.50. The molecule has 3 aromatic rings. The Morgan fingerprint density at radius 3 is 2.89 bits per heavy atom. The number of nitrogens with zero attached hydrogens (tertiary/aromatic N) is 4. The van der Waals surface area contributed by atoms with E-state index in [9.17, 15) is 4.79 Å². The molecule has 2 aromatic heterocycles. The molecular weight excluding hydrogens is 380 g/mol. The molecule has 28 heavy (non-hydrogen) atoms. The van der Waals surface area contributed by atoms with E-state index in [0.29, 0.717) is 17.2 Å². The summed E-state index contributed by atoms with van der Waals surface area (Å²) in [6.07, 6.45) is 2.05.